The molecule has 16 heavy (non-hydrogen) atoms. The molecule has 1 heterocycles. The number of nitrogens with zero attached hydrogens (tertiary/aromatic N) is 2. The number of carbonyl (C=O) groups is 1. The molecule has 0 aliphatic heterocycles. The molecule has 1 aromatic heterocycles. The number of aromatic nitrogens is 2. The predicted molar refractivity (Wildman–Crippen MR) is 64.2 cm³/mol. The van der Waals surface area contributed by atoms with Crippen LogP contribution in [0.3, 0.4) is 0 Å². The van der Waals surface area contributed by atoms with Crippen molar-refractivity contribution < 1.29 is 4.79 Å². The molecule has 1 rings (SSSR count). The SMILES string of the molecule is CCC(C)n1ccc(CC(=O)CCCN)n1. The van der Waals surface area contributed by atoms with Crippen LogP contribution in [-0.2, 0) is 11.2 Å². The second-order valence-corrected chi connectivity index (χ2v) is 4.15. The maximum Gasteiger partial charge on any atom is 0.138 e. The van der Waals surface area contributed by atoms with E-state index in [2.05, 4.69) is 18.9 Å². The quantitative estimate of drug-likeness (QED) is 0.765. The van der Waals surface area contributed by atoms with Gasteiger partial charge in [0.05, 0.1) is 12.1 Å². The fourth-order valence-corrected chi connectivity index (χ4v) is 1.49. The number of Topliss-reactive ketones (excluding diaryl/α,β-unsaturated/α-hetero) is 1. The van der Waals surface area contributed by atoms with Crippen LogP contribution < -0.4 is 5.73 Å². The van der Waals surface area contributed by atoms with E-state index < -0.39 is 0 Å². The first-order chi connectivity index (χ1) is 7.67. The molecule has 0 aromatic carbocycles. The molecule has 0 saturated heterocycles. The maximum absolute atomic E-state index is 11.5. The molecule has 0 spiro atoms. The standard InChI is InChI=1S/C12H21N3O/c1-3-10(2)15-8-6-11(14-15)9-12(16)5-4-7-13/h6,8,10H,3-5,7,9,13H2,1-2H3. The third kappa shape index (κ3) is 3.77. The molecular weight excluding hydrogens is 202 g/mol. The second-order valence-electron chi connectivity index (χ2n) is 4.15. The van der Waals surface area contributed by atoms with Gasteiger partial charge < -0.3 is 5.73 Å². The zero-order valence-electron chi connectivity index (χ0n) is 10.1. The molecule has 4 heteroatoms. The van der Waals surface area contributed by atoms with E-state index in [1.54, 1.807) is 0 Å². The molecule has 0 amide bonds. The molecular formula is C12H21N3O. The fraction of sp³-hybridized carbons (Fsp3) is 0.667. The minimum absolute atomic E-state index is 0.222. The van der Waals surface area contributed by atoms with Crippen molar-refractivity contribution in [3.8, 4) is 0 Å². The van der Waals surface area contributed by atoms with Crippen molar-refractivity contribution in [2.45, 2.75) is 45.6 Å². The molecule has 2 N–H and O–H groups in total. The Hall–Kier alpha value is -1.16. The summed E-state index contributed by atoms with van der Waals surface area (Å²) in [5.41, 5.74) is 6.22. The van der Waals surface area contributed by atoms with Gasteiger partial charge in [-0.25, -0.2) is 0 Å². The van der Waals surface area contributed by atoms with Gasteiger partial charge in [-0.2, -0.15) is 5.10 Å². The first kappa shape index (κ1) is 12.9. The molecule has 0 saturated carbocycles. The Morgan fingerprint density at radius 1 is 1.62 bits per heavy atom. The fourth-order valence-electron chi connectivity index (χ4n) is 1.49. The highest BCUT2D eigenvalue weighted by Gasteiger charge is 2.08. The third-order valence-corrected chi connectivity index (χ3v) is 2.74. The van der Waals surface area contributed by atoms with Crippen molar-refractivity contribution in [2.24, 2.45) is 5.73 Å². The lowest BCUT2D eigenvalue weighted by Crippen LogP contribution is -2.09. The van der Waals surface area contributed by atoms with E-state index in [-0.39, 0.29) is 5.78 Å². The molecule has 1 aromatic rings. The predicted octanol–water partition coefficient (Wildman–Crippen LogP) is 1.70. The van der Waals surface area contributed by atoms with Crippen LogP contribution in [0.15, 0.2) is 12.3 Å². The summed E-state index contributed by atoms with van der Waals surface area (Å²) in [7, 11) is 0. The van der Waals surface area contributed by atoms with Crippen LogP contribution >= 0.6 is 0 Å². The van der Waals surface area contributed by atoms with E-state index >= 15 is 0 Å². The first-order valence-electron chi connectivity index (χ1n) is 5.93. The minimum atomic E-state index is 0.222. The Labute approximate surface area is 96.8 Å². The van der Waals surface area contributed by atoms with Gasteiger partial charge in [0.15, 0.2) is 0 Å². The lowest BCUT2D eigenvalue weighted by molar-refractivity contribution is -0.118. The summed E-state index contributed by atoms with van der Waals surface area (Å²) in [5.74, 6) is 0.222. The van der Waals surface area contributed by atoms with Gasteiger partial charge >= 0.3 is 0 Å². The van der Waals surface area contributed by atoms with Crippen LogP contribution in [-0.4, -0.2) is 22.1 Å². The van der Waals surface area contributed by atoms with Gasteiger partial charge in [-0.05, 0) is 32.4 Å². The lowest BCUT2D eigenvalue weighted by Gasteiger charge is -2.07. The highest BCUT2D eigenvalue weighted by molar-refractivity contribution is 5.80. The summed E-state index contributed by atoms with van der Waals surface area (Å²) in [5, 5.41) is 4.39. The Morgan fingerprint density at radius 2 is 2.38 bits per heavy atom. The van der Waals surface area contributed by atoms with E-state index in [0.29, 0.717) is 25.4 Å². The first-order valence-corrected chi connectivity index (χ1v) is 5.93. The second kappa shape index (κ2) is 6.43. The Morgan fingerprint density at radius 3 is 3.00 bits per heavy atom. The number of rotatable bonds is 7. The molecule has 0 aliphatic rings. The van der Waals surface area contributed by atoms with Gasteiger partial charge in [-0.15, -0.1) is 0 Å². The maximum atomic E-state index is 11.5. The number of hydrogen-bond acceptors (Lipinski definition) is 3. The number of carbonyl (C=O) groups excluding carboxylic acids is 1. The molecule has 0 aliphatic carbocycles. The van der Waals surface area contributed by atoms with Crippen molar-refractivity contribution >= 4 is 5.78 Å². The summed E-state index contributed by atoms with van der Waals surface area (Å²) in [6, 6.07) is 2.32. The summed E-state index contributed by atoms with van der Waals surface area (Å²) >= 11 is 0. The third-order valence-electron chi connectivity index (χ3n) is 2.74. The molecule has 90 valence electrons. The van der Waals surface area contributed by atoms with Crippen LogP contribution in [0.2, 0.25) is 0 Å². The van der Waals surface area contributed by atoms with E-state index in [4.69, 9.17) is 5.73 Å². The van der Waals surface area contributed by atoms with Crippen molar-refractivity contribution in [1.29, 1.82) is 0 Å². The van der Waals surface area contributed by atoms with E-state index in [0.717, 1.165) is 18.5 Å². The van der Waals surface area contributed by atoms with Crippen molar-refractivity contribution in [3.05, 3.63) is 18.0 Å². The Kier molecular flexibility index (Phi) is 5.19. The number of hydrogen-bond donors (Lipinski definition) is 1. The molecule has 4 nitrogen and oxygen atoms in total. The summed E-state index contributed by atoms with van der Waals surface area (Å²) in [6.45, 7) is 4.82. The highest BCUT2D eigenvalue weighted by Crippen LogP contribution is 2.10. The zero-order valence-corrected chi connectivity index (χ0v) is 10.1. The van der Waals surface area contributed by atoms with Gasteiger partial charge in [0, 0.05) is 18.7 Å². The molecule has 1 unspecified atom stereocenters. The van der Waals surface area contributed by atoms with E-state index in [9.17, 15) is 4.79 Å². The summed E-state index contributed by atoms with van der Waals surface area (Å²) in [6.07, 6.45) is 4.75. The van der Waals surface area contributed by atoms with Crippen molar-refractivity contribution in [1.82, 2.24) is 9.78 Å². The van der Waals surface area contributed by atoms with Crippen molar-refractivity contribution in [2.75, 3.05) is 6.54 Å². The van der Waals surface area contributed by atoms with Crippen LogP contribution in [0.5, 0.6) is 0 Å². The van der Waals surface area contributed by atoms with Crippen LogP contribution in [0.4, 0.5) is 0 Å². The zero-order chi connectivity index (χ0) is 12.0. The molecule has 0 bridgehead atoms. The largest absolute Gasteiger partial charge is 0.330 e. The number of nitrogens with two attached hydrogens (primary N) is 1. The Bertz CT molecular complexity index is 333. The summed E-state index contributed by atoms with van der Waals surface area (Å²) < 4.78 is 1.92. The smallest absolute Gasteiger partial charge is 0.138 e. The Balaban J connectivity index is 2.48. The van der Waals surface area contributed by atoms with Gasteiger partial charge in [-0.1, -0.05) is 6.92 Å². The van der Waals surface area contributed by atoms with Gasteiger partial charge in [-0.3, -0.25) is 9.48 Å². The topological polar surface area (TPSA) is 60.9 Å². The average Bonchev–Trinajstić information content (AvgIpc) is 2.73. The van der Waals surface area contributed by atoms with Gasteiger partial charge in [0.25, 0.3) is 0 Å². The molecule has 1 atom stereocenters. The van der Waals surface area contributed by atoms with E-state index in [1.165, 1.54) is 0 Å². The van der Waals surface area contributed by atoms with Crippen LogP contribution in [0, 0.1) is 0 Å². The minimum Gasteiger partial charge on any atom is -0.330 e. The lowest BCUT2D eigenvalue weighted by atomic mass is 10.1. The highest BCUT2D eigenvalue weighted by atomic mass is 16.1. The monoisotopic (exact) mass is 223 g/mol. The van der Waals surface area contributed by atoms with Crippen LogP contribution in [0.25, 0.3) is 0 Å². The van der Waals surface area contributed by atoms with Crippen molar-refractivity contribution in [3.63, 3.8) is 0 Å². The average molecular weight is 223 g/mol. The molecule has 0 fully saturated rings. The molecule has 0 radical (unpaired) electrons. The van der Waals surface area contributed by atoms with Gasteiger partial charge in [0.1, 0.15) is 5.78 Å². The normalized spacial score (nSPS) is 12.7. The number of ketones is 1. The van der Waals surface area contributed by atoms with Gasteiger partial charge in [0.2, 0.25) is 0 Å². The van der Waals surface area contributed by atoms with Crippen LogP contribution in [0.1, 0.15) is 44.8 Å². The summed E-state index contributed by atoms with van der Waals surface area (Å²) in [4.78, 5) is 11.5. The van der Waals surface area contributed by atoms with E-state index in [1.807, 2.05) is 16.9 Å².